The molecule has 116 valence electrons. The van der Waals surface area contributed by atoms with Gasteiger partial charge in [0.1, 0.15) is 6.04 Å². The van der Waals surface area contributed by atoms with Gasteiger partial charge in [0.05, 0.1) is 0 Å². The normalized spacial score (nSPS) is 16.0. The van der Waals surface area contributed by atoms with Crippen LogP contribution in [0.3, 0.4) is 0 Å². The Balaban J connectivity index is 3.14. The predicted molar refractivity (Wildman–Crippen MR) is 72.1 cm³/mol. The summed E-state index contributed by atoms with van der Waals surface area (Å²) in [6, 6.07) is 3.96. The van der Waals surface area contributed by atoms with Crippen LogP contribution in [0.15, 0.2) is 24.3 Å². The van der Waals surface area contributed by atoms with E-state index in [4.69, 9.17) is 10.8 Å². The van der Waals surface area contributed by atoms with Crippen LogP contribution in [-0.2, 0) is 21.1 Å². The Morgan fingerprint density at radius 1 is 1.43 bits per heavy atom. The average molecular weight is 318 g/mol. The van der Waals surface area contributed by atoms with Crippen molar-refractivity contribution < 1.29 is 29.2 Å². The average Bonchev–Trinajstić information content (AvgIpc) is 2.36. The summed E-state index contributed by atoms with van der Waals surface area (Å²) < 4.78 is 11.4. The fourth-order valence-corrected chi connectivity index (χ4v) is 2.38. The van der Waals surface area contributed by atoms with E-state index in [9.17, 15) is 29.3 Å². The van der Waals surface area contributed by atoms with Crippen molar-refractivity contribution in [2.45, 2.75) is 24.7 Å². The molecular weight excluding hydrogens is 303 g/mol. The van der Waals surface area contributed by atoms with Crippen LogP contribution in [0.4, 0.5) is 0 Å². The first-order valence-electron chi connectivity index (χ1n) is 5.78. The number of hydrogen-bond donors (Lipinski definition) is 4. The van der Waals surface area contributed by atoms with E-state index in [1.165, 1.54) is 24.3 Å². The van der Waals surface area contributed by atoms with Crippen molar-refractivity contribution >= 4 is 13.6 Å². The molecule has 0 saturated heterocycles. The molecule has 9 nitrogen and oxygen atoms in total. The van der Waals surface area contributed by atoms with Crippen LogP contribution in [0, 0.1) is 10.1 Å². The zero-order valence-electron chi connectivity index (χ0n) is 11.0. The Hall–Kier alpha value is -1.80. The van der Waals surface area contributed by atoms with Crippen molar-refractivity contribution in [3.63, 3.8) is 0 Å². The largest absolute Gasteiger partial charge is 0.480 e. The Bertz CT molecular complexity index is 597. The van der Waals surface area contributed by atoms with Crippen molar-refractivity contribution in [3.8, 4) is 0 Å². The van der Waals surface area contributed by atoms with Crippen LogP contribution in [0.25, 0.3) is 0 Å². The van der Waals surface area contributed by atoms with Crippen LogP contribution in [-0.4, -0.2) is 31.8 Å². The molecule has 1 rings (SSSR count). The lowest BCUT2D eigenvalue weighted by Crippen LogP contribution is -2.33. The second-order valence-electron chi connectivity index (χ2n) is 4.67. The lowest BCUT2D eigenvalue weighted by atomic mass is 10.0. The van der Waals surface area contributed by atoms with Gasteiger partial charge < -0.3 is 20.6 Å². The Kier molecular flexibility index (Phi) is 4.85. The SMILES string of the molecule is CC(c1ccc(C[C@H](N)C(=O)O)cc1)([N+](=O)[O-])P(=O)(O)O. The van der Waals surface area contributed by atoms with Gasteiger partial charge in [-0.25, -0.2) is 0 Å². The van der Waals surface area contributed by atoms with Crippen molar-refractivity contribution in [2.24, 2.45) is 5.73 Å². The van der Waals surface area contributed by atoms with Crippen molar-refractivity contribution in [2.75, 3.05) is 0 Å². The third-order valence-corrected chi connectivity index (χ3v) is 4.75. The standard InChI is InChI=1S/C11H15N2O7P/c1-11(13(16)17,21(18,19)20)8-4-2-7(3-5-8)6-9(12)10(14)15/h2-5,9H,6,12H2,1H3,(H,14,15)(H2,18,19,20)/t9-,11?/m0/s1. The van der Waals surface area contributed by atoms with Gasteiger partial charge in [-0.3, -0.25) is 19.5 Å². The maximum atomic E-state index is 11.4. The molecule has 0 fully saturated rings. The Morgan fingerprint density at radius 3 is 2.24 bits per heavy atom. The molecule has 0 aromatic heterocycles. The molecule has 1 aromatic rings. The second-order valence-corrected chi connectivity index (χ2v) is 6.63. The van der Waals surface area contributed by atoms with Crippen LogP contribution >= 0.6 is 7.60 Å². The molecule has 0 radical (unpaired) electrons. The number of carbonyl (C=O) groups is 1. The highest BCUT2D eigenvalue weighted by molar-refractivity contribution is 7.52. The number of carboxylic acids is 1. The van der Waals surface area contributed by atoms with Gasteiger partial charge >= 0.3 is 18.8 Å². The molecular formula is C11H15N2O7P. The molecule has 0 spiro atoms. The number of nitrogens with zero attached hydrogens (tertiary/aromatic N) is 1. The summed E-state index contributed by atoms with van der Waals surface area (Å²) in [6.45, 7) is 0.839. The first-order chi connectivity index (χ1) is 9.50. The van der Waals surface area contributed by atoms with Gasteiger partial charge in [0.25, 0.3) is 0 Å². The van der Waals surface area contributed by atoms with Crippen molar-refractivity contribution in [1.29, 1.82) is 0 Å². The van der Waals surface area contributed by atoms with Crippen molar-refractivity contribution in [3.05, 3.63) is 45.5 Å². The minimum absolute atomic E-state index is 0.000697. The molecule has 0 aliphatic carbocycles. The van der Waals surface area contributed by atoms with Crippen LogP contribution < -0.4 is 5.73 Å². The Morgan fingerprint density at radius 2 is 1.90 bits per heavy atom. The maximum absolute atomic E-state index is 11.4. The molecule has 5 N–H and O–H groups in total. The van der Waals surface area contributed by atoms with E-state index in [2.05, 4.69) is 0 Å². The van der Waals surface area contributed by atoms with Crippen LogP contribution in [0.1, 0.15) is 18.1 Å². The molecule has 2 atom stereocenters. The third-order valence-electron chi connectivity index (χ3n) is 3.20. The van der Waals surface area contributed by atoms with E-state index in [1.807, 2.05) is 0 Å². The first kappa shape index (κ1) is 17.3. The van der Waals surface area contributed by atoms with E-state index in [0.717, 1.165) is 6.92 Å². The first-order valence-corrected chi connectivity index (χ1v) is 7.39. The van der Waals surface area contributed by atoms with Gasteiger partial charge in [0, 0.05) is 17.4 Å². The molecule has 0 bridgehead atoms. The quantitative estimate of drug-likeness (QED) is 0.329. The fraction of sp³-hybridized carbons (Fsp3) is 0.364. The van der Waals surface area contributed by atoms with Gasteiger partial charge in [0.2, 0.25) is 0 Å². The van der Waals surface area contributed by atoms with Gasteiger partial charge in [-0.2, -0.15) is 0 Å². The number of nitro groups is 1. The summed E-state index contributed by atoms with van der Waals surface area (Å²) in [7, 11) is -5.04. The Labute approximate surface area is 119 Å². The van der Waals surface area contributed by atoms with Gasteiger partial charge in [-0.15, -0.1) is 0 Å². The summed E-state index contributed by atoms with van der Waals surface area (Å²) in [5.74, 6) is -1.19. The molecule has 0 aliphatic heterocycles. The highest BCUT2D eigenvalue weighted by atomic mass is 31.2. The van der Waals surface area contributed by atoms with E-state index in [-0.39, 0.29) is 12.0 Å². The summed E-state index contributed by atoms with van der Waals surface area (Å²) in [4.78, 5) is 39.1. The summed E-state index contributed by atoms with van der Waals surface area (Å²) in [6.07, 6.45) is 0.000697. The van der Waals surface area contributed by atoms with E-state index in [1.54, 1.807) is 0 Å². The minimum Gasteiger partial charge on any atom is -0.480 e. The number of benzene rings is 1. The zero-order valence-corrected chi connectivity index (χ0v) is 11.9. The van der Waals surface area contributed by atoms with Gasteiger partial charge in [0.15, 0.2) is 0 Å². The highest BCUT2D eigenvalue weighted by Crippen LogP contribution is 2.56. The number of carboxylic acid groups (broad SMARTS) is 1. The monoisotopic (exact) mass is 318 g/mol. The molecule has 1 unspecified atom stereocenters. The summed E-state index contributed by atoms with van der Waals surface area (Å²) in [5, 5.41) is 17.2. The molecule has 10 heteroatoms. The number of rotatable bonds is 6. The van der Waals surface area contributed by atoms with Gasteiger partial charge in [-0.1, -0.05) is 24.3 Å². The van der Waals surface area contributed by atoms with Gasteiger partial charge in [-0.05, 0) is 12.0 Å². The van der Waals surface area contributed by atoms with E-state index in [0.29, 0.717) is 5.56 Å². The lowest BCUT2D eigenvalue weighted by Gasteiger charge is -2.22. The predicted octanol–water partition coefficient (Wildman–Crippen LogP) is 0.268. The highest BCUT2D eigenvalue weighted by Gasteiger charge is 2.56. The number of hydrogen-bond acceptors (Lipinski definition) is 5. The number of nitrogens with two attached hydrogens (primary N) is 1. The second kappa shape index (κ2) is 5.90. The minimum atomic E-state index is -5.04. The smallest absolute Gasteiger partial charge is 0.406 e. The van der Waals surface area contributed by atoms with E-state index < -0.39 is 29.8 Å². The lowest BCUT2D eigenvalue weighted by molar-refractivity contribution is -0.548. The zero-order chi connectivity index (χ0) is 16.4. The molecule has 1 aromatic carbocycles. The molecule has 0 amide bonds. The molecule has 0 heterocycles. The molecule has 21 heavy (non-hydrogen) atoms. The van der Waals surface area contributed by atoms with Crippen LogP contribution in [0.2, 0.25) is 0 Å². The number of aliphatic carboxylic acids is 1. The molecule has 0 saturated carbocycles. The topological polar surface area (TPSA) is 164 Å². The maximum Gasteiger partial charge on any atom is 0.406 e. The summed E-state index contributed by atoms with van der Waals surface area (Å²) in [5.41, 5.74) is 5.68. The van der Waals surface area contributed by atoms with Crippen molar-refractivity contribution in [1.82, 2.24) is 0 Å². The summed E-state index contributed by atoms with van der Waals surface area (Å²) >= 11 is 0. The third kappa shape index (κ3) is 3.45. The molecule has 0 aliphatic rings. The van der Waals surface area contributed by atoms with E-state index >= 15 is 0 Å². The van der Waals surface area contributed by atoms with Crippen LogP contribution in [0.5, 0.6) is 0 Å². The fourth-order valence-electron chi connectivity index (χ4n) is 1.68.